The van der Waals surface area contributed by atoms with E-state index in [2.05, 4.69) is 4.98 Å². The lowest BCUT2D eigenvalue weighted by molar-refractivity contribution is 0.363. The lowest BCUT2D eigenvalue weighted by Gasteiger charge is -2.24. The number of fused-ring (bicyclic) bond motifs is 1. The minimum absolute atomic E-state index is 0.288. The number of nitrogens with two attached hydrogens (primary N) is 1. The molecule has 0 amide bonds. The van der Waals surface area contributed by atoms with E-state index in [4.69, 9.17) is 5.73 Å². The van der Waals surface area contributed by atoms with E-state index in [9.17, 15) is 4.39 Å². The maximum atomic E-state index is 13.6. The molecule has 90 valence electrons. The summed E-state index contributed by atoms with van der Waals surface area (Å²) in [7, 11) is 0. The third-order valence-electron chi connectivity index (χ3n) is 3.64. The number of para-hydroxylation sites is 1. The van der Waals surface area contributed by atoms with Crippen LogP contribution in [0.5, 0.6) is 0 Å². The molecule has 1 saturated carbocycles. The molecule has 1 aliphatic rings. The van der Waals surface area contributed by atoms with Gasteiger partial charge in [-0.05, 0) is 25.0 Å². The number of hydrogen-bond acceptors (Lipinski definition) is 2. The lowest BCUT2D eigenvalue weighted by Crippen LogP contribution is -2.14. The maximum Gasteiger partial charge on any atom is 0.201 e. The molecule has 1 aromatic carbocycles. The number of rotatable bonds is 1. The van der Waals surface area contributed by atoms with Gasteiger partial charge in [0.1, 0.15) is 5.52 Å². The van der Waals surface area contributed by atoms with Crippen molar-refractivity contribution in [1.29, 1.82) is 0 Å². The third-order valence-corrected chi connectivity index (χ3v) is 3.64. The fourth-order valence-corrected chi connectivity index (χ4v) is 2.82. The zero-order valence-corrected chi connectivity index (χ0v) is 9.69. The Labute approximate surface area is 99.4 Å². The average Bonchev–Trinajstić information content (AvgIpc) is 2.68. The lowest BCUT2D eigenvalue weighted by atomic mass is 9.95. The van der Waals surface area contributed by atoms with Crippen LogP contribution in [-0.2, 0) is 0 Å². The predicted molar refractivity (Wildman–Crippen MR) is 66.2 cm³/mol. The van der Waals surface area contributed by atoms with E-state index < -0.39 is 0 Å². The molecule has 0 saturated heterocycles. The Morgan fingerprint density at radius 1 is 1.24 bits per heavy atom. The minimum Gasteiger partial charge on any atom is -0.369 e. The van der Waals surface area contributed by atoms with Crippen LogP contribution >= 0.6 is 0 Å². The van der Waals surface area contributed by atoms with Crippen LogP contribution in [0.1, 0.15) is 38.1 Å². The highest BCUT2D eigenvalue weighted by Gasteiger charge is 2.21. The highest BCUT2D eigenvalue weighted by molar-refractivity contribution is 5.79. The summed E-state index contributed by atoms with van der Waals surface area (Å²) in [5, 5.41) is 0. The monoisotopic (exact) mass is 233 g/mol. The first-order chi connectivity index (χ1) is 8.27. The van der Waals surface area contributed by atoms with Crippen LogP contribution in [0, 0.1) is 5.82 Å². The second-order valence-corrected chi connectivity index (χ2v) is 4.74. The van der Waals surface area contributed by atoms with Gasteiger partial charge in [-0.25, -0.2) is 9.37 Å². The number of hydrogen-bond donors (Lipinski definition) is 1. The second kappa shape index (κ2) is 4.02. The molecule has 1 aromatic heterocycles. The third kappa shape index (κ3) is 1.68. The van der Waals surface area contributed by atoms with Crippen LogP contribution in [0.3, 0.4) is 0 Å². The Balaban J connectivity index is 2.14. The molecular weight excluding hydrogens is 217 g/mol. The summed E-state index contributed by atoms with van der Waals surface area (Å²) in [5.41, 5.74) is 7.17. The fraction of sp³-hybridized carbons (Fsp3) is 0.462. The van der Waals surface area contributed by atoms with E-state index in [0.717, 1.165) is 18.4 Å². The molecule has 2 N–H and O–H groups in total. The van der Waals surface area contributed by atoms with Crippen molar-refractivity contribution in [3.63, 3.8) is 0 Å². The summed E-state index contributed by atoms with van der Waals surface area (Å²) in [6.07, 6.45) is 5.97. The molecule has 0 bridgehead atoms. The molecule has 4 heteroatoms. The molecule has 1 aliphatic carbocycles. The smallest absolute Gasteiger partial charge is 0.201 e. The number of anilines is 1. The van der Waals surface area contributed by atoms with Gasteiger partial charge in [-0.2, -0.15) is 0 Å². The number of imidazole rings is 1. The first-order valence-electron chi connectivity index (χ1n) is 6.19. The normalized spacial score (nSPS) is 17.7. The zero-order valence-electron chi connectivity index (χ0n) is 9.69. The number of aromatic nitrogens is 2. The molecule has 17 heavy (non-hydrogen) atoms. The van der Waals surface area contributed by atoms with Gasteiger partial charge in [-0.15, -0.1) is 0 Å². The van der Waals surface area contributed by atoms with E-state index in [1.54, 1.807) is 6.07 Å². The van der Waals surface area contributed by atoms with E-state index in [1.807, 2.05) is 10.6 Å². The molecule has 0 aliphatic heterocycles. The van der Waals surface area contributed by atoms with E-state index in [1.165, 1.54) is 25.3 Å². The van der Waals surface area contributed by atoms with Crippen LogP contribution in [0.4, 0.5) is 10.3 Å². The standard InChI is InChI=1S/C13H16FN3/c14-10-7-4-8-11-12(10)16-13(15)17(11)9-5-2-1-3-6-9/h4,7-9H,1-3,5-6H2,(H2,15,16). The molecular formula is C13H16FN3. The summed E-state index contributed by atoms with van der Waals surface area (Å²) < 4.78 is 15.6. The van der Waals surface area contributed by atoms with Crippen molar-refractivity contribution >= 4 is 17.0 Å². The number of benzene rings is 1. The molecule has 2 aromatic rings. The fourth-order valence-electron chi connectivity index (χ4n) is 2.82. The Bertz CT molecular complexity index is 541. The van der Waals surface area contributed by atoms with Crippen LogP contribution in [-0.4, -0.2) is 9.55 Å². The van der Waals surface area contributed by atoms with Crippen molar-refractivity contribution in [2.75, 3.05) is 5.73 Å². The van der Waals surface area contributed by atoms with Gasteiger partial charge in [-0.3, -0.25) is 0 Å². The van der Waals surface area contributed by atoms with E-state index >= 15 is 0 Å². The maximum absolute atomic E-state index is 13.6. The van der Waals surface area contributed by atoms with E-state index in [0.29, 0.717) is 17.5 Å². The zero-order chi connectivity index (χ0) is 11.8. The number of halogens is 1. The first-order valence-corrected chi connectivity index (χ1v) is 6.19. The van der Waals surface area contributed by atoms with Gasteiger partial charge in [0.05, 0.1) is 5.52 Å². The van der Waals surface area contributed by atoms with E-state index in [-0.39, 0.29) is 5.82 Å². The predicted octanol–water partition coefficient (Wildman–Crippen LogP) is 3.26. The Morgan fingerprint density at radius 3 is 2.76 bits per heavy atom. The van der Waals surface area contributed by atoms with Crippen LogP contribution < -0.4 is 5.73 Å². The number of nitrogen functional groups attached to an aromatic ring is 1. The van der Waals surface area contributed by atoms with Crippen molar-refractivity contribution in [2.45, 2.75) is 38.1 Å². The first kappa shape index (κ1) is 10.6. The molecule has 3 rings (SSSR count). The molecule has 3 nitrogen and oxygen atoms in total. The van der Waals surface area contributed by atoms with Crippen molar-refractivity contribution in [3.8, 4) is 0 Å². The van der Waals surface area contributed by atoms with Crippen LogP contribution in [0.2, 0.25) is 0 Å². The molecule has 1 heterocycles. The summed E-state index contributed by atoms with van der Waals surface area (Å²) in [4.78, 5) is 4.15. The summed E-state index contributed by atoms with van der Waals surface area (Å²) in [5.74, 6) is 0.153. The topological polar surface area (TPSA) is 43.8 Å². The van der Waals surface area contributed by atoms with Gasteiger partial charge < -0.3 is 10.3 Å². The van der Waals surface area contributed by atoms with Gasteiger partial charge in [0.2, 0.25) is 5.95 Å². The largest absolute Gasteiger partial charge is 0.369 e. The van der Waals surface area contributed by atoms with Crippen molar-refractivity contribution in [2.24, 2.45) is 0 Å². The molecule has 0 atom stereocenters. The molecule has 0 unspecified atom stereocenters. The summed E-state index contributed by atoms with van der Waals surface area (Å²) >= 11 is 0. The van der Waals surface area contributed by atoms with Crippen LogP contribution in [0.15, 0.2) is 18.2 Å². The van der Waals surface area contributed by atoms with Crippen molar-refractivity contribution in [3.05, 3.63) is 24.0 Å². The summed E-state index contributed by atoms with van der Waals surface area (Å²) in [6, 6.07) is 5.43. The van der Waals surface area contributed by atoms with Crippen molar-refractivity contribution in [1.82, 2.24) is 9.55 Å². The number of nitrogens with zero attached hydrogens (tertiary/aromatic N) is 2. The average molecular weight is 233 g/mol. The SMILES string of the molecule is Nc1nc2c(F)cccc2n1C1CCCCC1. The summed E-state index contributed by atoms with van der Waals surface area (Å²) in [6.45, 7) is 0. The Morgan fingerprint density at radius 2 is 2.00 bits per heavy atom. The minimum atomic E-state index is -0.288. The molecule has 0 spiro atoms. The quantitative estimate of drug-likeness (QED) is 0.821. The van der Waals surface area contributed by atoms with Crippen molar-refractivity contribution < 1.29 is 4.39 Å². The highest BCUT2D eigenvalue weighted by Crippen LogP contribution is 2.33. The van der Waals surface area contributed by atoms with Gasteiger partial charge in [0.25, 0.3) is 0 Å². The van der Waals surface area contributed by atoms with Crippen LogP contribution in [0.25, 0.3) is 11.0 Å². The van der Waals surface area contributed by atoms with Gasteiger partial charge in [-0.1, -0.05) is 25.3 Å². The van der Waals surface area contributed by atoms with Gasteiger partial charge in [0, 0.05) is 6.04 Å². The van der Waals surface area contributed by atoms with Gasteiger partial charge in [0.15, 0.2) is 5.82 Å². The second-order valence-electron chi connectivity index (χ2n) is 4.74. The van der Waals surface area contributed by atoms with Gasteiger partial charge >= 0.3 is 0 Å². The molecule has 0 radical (unpaired) electrons. The molecule has 1 fully saturated rings. The Kier molecular flexibility index (Phi) is 2.50. The Hall–Kier alpha value is -1.58. The highest BCUT2D eigenvalue weighted by atomic mass is 19.1.